The van der Waals surface area contributed by atoms with Gasteiger partial charge in [-0.1, -0.05) is 61.9 Å². The molecule has 2 aromatic carbocycles. The van der Waals surface area contributed by atoms with Crippen LogP contribution in [-0.4, -0.2) is 41.8 Å². The molecule has 5 rings (SSSR count). The summed E-state index contributed by atoms with van der Waals surface area (Å²) in [4.78, 5) is 37.0. The molecular formula is C28H32N2O5. The van der Waals surface area contributed by atoms with Crippen LogP contribution in [0.4, 0.5) is 4.79 Å². The van der Waals surface area contributed by atoms with Crippen LogP contribution in [0.5, 0.6) is 0 Å². The molecule has 5 atom stereocenters. The first kappa shape index (κ1) is 23.4. The number of alkyl carbamates (subject to hydrolysis) is 1. The van der Waals surface area contributed by atoms with E-state index in [4.69, 9.17) is 4.74 Å². The second kappa shape index (κ2) is 9.72. The number of hydrogen-bond donors (Lipinski definition) is 3. The summed E-state index contributed by atoms with van der Waals surface area (Å²) in [6.07, 6.45) is 2.77. The summed E-state index contributed by atoms with van der Waals surface area (Å²) in [5, 5.41) is 15.1. The average Bonchev–Trinajstić information content (AvgIpc) is 3.36. The van der Waals surface area contributed by atoms with Crippen molar-refractivity contribution in [2.24, 2.45) is 17.8 Å². The molecule has 3 N–H and O–H groups in total. The lowest BCUT2D eigenvalue weighted by molar-refractivity contribution is -0.141. The first-order valence-corrected chi connectivity index (χ1v) is 12.6. The summed E-state index contributed by atoms with van der Waals surface area (Å²) in [6.45, 7) is 2.16. The molecule has 7 nitrogen and oxygen atoms in total. The molecule has 3 aliphatic carbocycles. The van der Waals surface area contributed by atoms with Crippen LogP contribution in [0.15, 0.2) is 48.5 Å². The van der Waals surface area contributed by atoms with E-state index in [1.54, 1.807) is 0 Å². The Bertz CT molecular complexity index is 1090. The maximum absolute atomic E-state index is 13.0. The molecule has 2 aromatic rings. The third-order valence-electron chi connectivity index (χ3n) is 8.03. The summed E-state index contributed by atoms with van der Waals surface area (Å²) < 4.78 is 5.63. The lowest BCUT2D eigenvalue weighted by Gasteiger charge is -2.41. The Morgan fingerprint density at radius 3 is 2.29 bits per heavy atom. The van der Waals surface area contributed by atoms with E-state index in [9.17, 15) is 19.5 Å². The molecule has 0 spiro atoms. The normalized spacial score (nSPS) is 24.9. The van der Waals surface area contributed by atoms with E-state index in [1.807, 2.05) is 31.2 Å². The van der Waals surface area contributed by atoms with Gasteiger partial charge in [0.15, 0.2) is 0 Å². The van der Waals surface area contributed by atoms with Crippen molar-refractivity contribution < 1.29 is 24.2 Å². The van der Waals surface area contributed by atoms with Crippen LogP contribution in [0, 0.1) is 17.8 Å². The summed E-state index contributed by atoms with van der Waals surface area (Å²) >= 11 is 0. The van der Waals surface area contributed by atoms with Crippen molar-refractivity contribution in [1.29, 1.82) is 0 Å². The number of carboxylic acid groups (broad SMARTS) is 1. The molecule has 0 radical (unpaired) electrons. The number of fused-ring (bicyclic) bond motifs is 4. The molecule has 0 bridgehead atoms. The van der Waals surface area contributed by atoms with E-state index in [-0.39, 0.29) is 36.3 Å². The molecular weight excluding hydrogens is 444 g/mol. The molecule has 2 saturated carbocycles. The minimum Gasteiger partial charge on any atom is -0.481 e. The molecule has 1 unspecified atom stereocenters. The van der Waals surface area contributed by atoms with Crippen LogP contribution in [0.3, 0.4) is 0 Å². The number of aliphatic carboxylic acids is 1. The van der Waals surface area contributed by atoms with Gasteiger partial charge in [0, 0.05) is 12.0 Å². The lowest BCUT2D eigenvalue weighted by Crippen LogP contribution is -2.56. The maximum atomic E-state index is 13.0. The van der Waals surface area contributed by atoms with Crippen molar-refractivity contribution in [3.05, 3.63) is 59.7 Å². The van der Waals surface area contributed by atoms with Gasteiger partial charge in [0.05, 0.1) is 5.92 Å². The summed E-state index contributed by atoms with van der Waals surface area (Å²) in [5.41, 5.74) is 4.60. The number of carbonyl (C=O) groups is 3. The highest BCUT2D eigenvalue weighted by atomic mass is 16.5. The van der Waals surface area contributed by atoms with Gasteiger partial charge >= 0.3 is 12.1 Å². The summed E-state index contributed by atoms with van der Waals surface area (Å²) in [7, 11) is 0. The van der Waals surface area contributed by atoms with E-state index >= 15 is 0 Å². The first-order chi connectivity index (χ1) is 17.0. The molecule has 35 heavy (non-hydrogen) atoms. The van der Waals surface area contributed by atoms with Crippen LogP contribution in [0.25, 0.3) is 11.1 Å². The number of benzene rings is 2. The number of carboxylic acids is 1. The Morgan fingerprint density at radius 2 is 1.66 bits per heavy atom. The Morgan fingerprint density at radius 1 is 1.00 bits per heavy atom. The smallest absolute Gasteiger partial charge is 0.407 e. The zero-order chi connectivity index (χ0) is 24.5. The Kier molecular flexibility index (Phi) is 6.50. The third-order valence-corrected chi connectivity index (χ3v) is 8.03. The summed E-state index contributed by atoms with van der Waals surface area (Å²) in [5.74, 6) is -0.717. The predicted molar refractivity (Wildman–Crippen MR) is 131 cm³/mol. The number of carbonyl (C=O) groups excluding carboxylic acids is 2. The highest BCUT2D eigenvalue weighted by Crippen LogP contribution is 2.50. The van der Waals surface area contributed by atoms with Gasteiger partial charge in [0.1, 0.15) is 12.6 Å². The van der Waals surface area contributed by atoms with E-state index in [0.29, 0.717) is 25.2 Å². The maximum Gasteiger partial charge on any atom is 0.407 e. The number of hydrogen-bond acceptors (Lipinski definition) is 4. The van der Waals surface area contributed by atoms with Crippen LogP contribution in [0.1, 0.15) is 56.1 Å². The monoisotopic (exact) mass is 476 g/mol. The molecule has 7 heteroatoms. The third kappa shape index (κ3) is 4.51. The molecule has 184 valence electrons. The predicted octanol–water partition coefficient (Wildman–Crippen LogP) is 4.31. The standard InChI is InChI=1S/C28H32N2O5/c1-2-7-24(26(31)29-25-14-16-12-17(27(32)33)13-22(16)25)30-28(34)35-15-23-20-10-5-3-8-18(20)19-9-4-6-11-21(19)23/h3-6,8-11,16-17,22-25H,2,7,12-15H2,1H3,(H,29,31)(H,30,34)(H,32,33)/t16-,17?,22-,24+,25+/m1/s1. The molecule has 0 aliphatic heterocycles. The number of amides is 2. The van der Waals surface area contributed by atoms with Crippen molar-refractivity contribution in [2.75, 3.05) is 6.61 Å². The van der Waals surface area contributed by atoms with Crippen molar-refractivity contribution in [2.45, 2.75) is 57.0 Å². The fraction of sp³-hybridized carbons (Fsp3) is 0.464. The fourth-order valence-electron chi connectivity index (χ4n) is 6.22. The topological polar surface area (TPSA) is 105 Å². The minimum absolute atomic E-state index is 0.0134. The zero-order valence-corrected chi connectivity index (χ0v) is 19.9. The Balaban J connectivity index is 1.17. The first-order valence-electron chi connectivity index (χ1n) is 12.6. The van der Waals surface area contributed by atoms with Crippen molar-refractivity contribution >= 4 is 18.0 Å². The van der Waals surface area contributed by atoms with Crippen LogP contribution in [0.2, 0.25) is 0 Å². The van der Waals surface area contributed by atoms with Crippen molar-refractivity contribution in [1.82, 2.24) is 10.6 Å². The van der Waals surface area contributed by atoms with Crippen LogP contribution >= 0.6 is 0 Å². The number of rotatable bonds is 8. The van der Waals surface area contributed by atoms with Crippen LogP contribution in [-0.2, 0) is 14.3 Å². The average molecular weight is 477 g/mol. The molecule has 2 fully saturated rings. The molecule has 0 saturated heterocycles. The van der Waals surface area contributed by atoms with Gasteiger partial charge in [-0.2, -0.15) is 0 Å². The Labute approximate surface area is 205 Å². The molecule has 0 heterocycles. The molecule has 2 amide bonds. The van der Waals surface area contributed by atoms with E-state index in [2.05, 4.69) is 34.9 Å². The van der Waals surface area contributed by atoms with Gasteiger partial charge in [-0.05, 0) is 59.8 Å². The van der Waals surface area contributed by atoms with Gasteiger partial charge in [-0.25, -0.2) is 4.79 Å². The Hall–Kier alpha value is -3.35. The SMILES string of the molecule is CCC[C@H](NC(=O)OCC1c2ccccc2-c2ccccc21)C(=O)N[C@H]1C[C@H]2CC(C(=O)O)C[C@H]21. The van der Waals surface area contributed by atoms with Gasteiger partial charge in [-0.3, -0.25) is 9.59 Å². The quantitative estimate of drug-likeness (QED) is 0.527. The lowest BCUT2D eigenvalue weighted by atomic mass is 9.71. The van der Waals surface area contributed by atoms with Gasteiger partial charge in [0.2, 0.25) is 5.91 Å². The second-order valence-electron chi connectivity index (χ2n) is 10.1. The number of nitrogens with one attached hydrogen (secondary N) is 2. The number of ether oxygens (including phenoxy) is 1. The zero-order valence-electron chi connectivity index (χ0n) is 19.9. The van der Waals surface area contributed by atoms with Crippen molar-refractivity contribution in [3.63, 3.8) is 0 Å². The summed E-state index contributed by atoms with van der Waals surface area (Å²) in [6, 6.07) is 15.6. The van der Waals surface area contributed by atoms with E-state index in [1.165, 1.54) is 0 Å². The second-order valence-corrected chi connectivity index (χ2v) is 10.1. The van der Waals surface area contributed by atoms with Crippen molar-refractivity contribution in [3.8, 4) is 11.1 Å². The van der Waals surface area contributed by atoms with Gasteiger partial charge in [0.25, 0.3) is 0 Å². The van der Waals surface area contributed by atoms with Gasteiger partial charge in [-0.15, -0.1) is 0 Å². The minimum atomic E-state index is -0.745. The largest absolute Gasteiger partial charge is 0.481 e. The molecule has 0 aromatic heterocycles. The highest BCUT2D eigenvalue weighted by molar-refractivity contribution is 5.86. The fourth-order valence-corrected chi connectivity index (χ4v) is 6.22. The van der Waals surface area contributed by atoms with Gasteiger partial charge < -0.3 is 20.5 Å². The highest BCUT2D eigenvalue weighted by Gasteiger charge is 2.50. The van der Waals surface area contributed by atoms with Crippen LogP contribution < -0.4 is 10.6 Å². The van der Waals surface area contributed by atoms with E-state index < -0.39 is 18.1 Å². The molecule has 3 aliphatic rings. The van der Waals surface area contributed by atoms with E-state index in [0.717, 1.165) is 35.1 Å².